The van der Waals surface area contributed by atoms with Crippen molar-refractivity contribution in [1.29, 1.82) is 0 Å². The first kappa shape index (κ1) is 14.1. The molecule has 0 saturated carbocycles. The Bertz CT molecular complexity index is 514. The summed E-state index contributed by atoms with van der Waals surface area (Å²) in [6.07, 6.45) is 2.41. The molecule has 0 aliphatic rings. The van der Waals surface area contributed by atoms with Crippen molar-refractivity contribution in [2.75, 3.05) is 5.32 Å². The van der Waals surface area contributed by atoms with Crippen LogP contribution in [0, 0.1) is 10.1 Å². The normalized spacial score (nSPS) is 11.2. The van der Waals surface area contributed by atoms with Crippen molar-refractivity contribution in [3.05, 3.63) is 39.0 Å². The van der Waals surface area contributed by atoms with Crippen molar-refractivity contribution in [2.45, 2.75) is 20.3 Å². The third-order valence-corrected chi connectivity index (χ3v) is 2.35. The van der Waals surface area contributed by atoms with Crippen molar-refractivity contribution in [3.63, 3.8) is 0 Å². The largest absolute Gasteiger partial charge is 0.311 e. The summed E-state index contributed by atoms with van der Waals surface area (Å²) in [6, 6.07) is 2.49. The van der Waals surface area contributed by atoms with E-state index in [0.717, 1.165) is 0 Å². The Labute approximate surface area is 109 Å². The van der Waals surface area contributed by atoms with Gasteiger partial charge in [0.15, 0.2) is 0 Å². The molecule has 0 saturated heterocycles. The average molecular weight is 270 g/mol. The first-order chi connectivity index (χ1) is 8.45. The topological polar surface area (TPSA) is 85.1 Å². The smallest absolute Gasteiger partial charge is 0.301 e. The summed E-state index contributed by atoms with van der Waals surface area (Å²) in [7, 11) is 0. The third kappa shape index (κ3) is 3.53. The van der Waals surface area contributed by atoms with E-state index in [0.29, 0.717) is 12.0 Å². The van der Waals surface area contributed by atoms with Gasteiger partial charge in [-0.25, -0.2) is 4.98 Å². The monoisotopic (exact) mass is 269 g/mol. The quantitative estimate of drug-likeness (QED) is 0.394. The summed E-state index contributed by atoms with van der Waals surface area (Å²) < 4.78 is 0. The summed E-state index contributed by atoms with van der Waals surface area (Å²) in [4.78, 5) is 25.6. The van der Waals surface area contributed by atoms with Crippen molar-refractivity contribution in [2.24, 2.45) is 0 Å². The van der Waals surface area contributed by atoms with Gasteiger partial charge >= 0.3 is 5.69 Å². The molecule has 0 aliphatic heterocycles. The highest BCUT2D eigenvalue weighted by Gasteiger charge is 2.18. The molecule has 96 valence electrons. The first-order valence-corrected chi connectivity index (χ1v) is 5.62. The molecule has 0 bridgehead atoms. The van der Waals surface area contributed by atoms with Crippen LogP contribution < -0.4 is 5.32 Å². The van der Waals surface area contributed by atoms with Gasteiger partial charge in [0.05, 0.1) is 4.92 Å². The molecular weight excluding hydrogens is 258 g/mol. The van der Waals surface area contributed by atoms with Gasteiger partial charge < -0.3 is 5.32 Å². The summed E-state index contributed by atoms with van der Waals surface area (Å²) in [5.74, 6) is -0.587. The molecule has 1 aromatic heterocycles. The first-order valence-electron chi connectivity index (χ1n) is 5.24. The summed E-state index contributed by atoms with van der Waals surface area (Å²) in [5, 5.41) is 13.2. The maximum absolute atomic E-state index is 11.7. The van der Waals surface area contributed by atoms with Gasteiger partial charge in [0.1, 0.15) is 5.15 Å². The average Bonchev–Trinajstić information content (AvgIpc) is 2.28. The van der Waals surface area contributed by atoms with Gasteiger partial charge in [0.25, 0.3) is 5.91 Å². The second kappa shape index (κ2) is 6.11. The minimum absolute atomic E-state index is 0.0769. The highest BCUT2D eigenvalue weighted by Crippen LogP contribution is 2.24. The zero-order chi connectivity index (χ0) is 13.7. The predicted octanol–water partition coefficient (Wildman–Crippen LogP) is 2.94. The van der Waals surface area contributed by atoms with E-state index in [9.17, 15) is 14.9 Å². The van der Waals surface area contributed by atoms with Crippen molar-refractivity contribution < 1.29 is 9.72 Å². The van der Waals surface area contributed by atoms with Crippen LogP contribution in [0.5, 0.6) is 0 Å². The molecule has 0 aliphatic carbocycles. The zero-order valence-corrected chi connectivity index (χ0v) is 10.7. The SMILES string of the molecule is CC/C=C(/C)C(=O)Nc1nc(Cl)ccc1[N+](=O)[O-]. The van der Waals surface area contributed by atoms with Gasteiger partial charge in [-0.3, -0.25) is 14.9 Å². The van der Waals surface area contributed by atoms with E-state index in [4.69, 9.17) is 11.6 Å². The molecule has 1 amide bonds. The number of nitrogens with zero attached hydrogens (tertiary/aromatic N) is 2. The number of anilines is 1. The Morgan fingerprint density at radius 1 is 1.61 bits per heavy atom. The molecular formula is C11H12ClN3O3. The zero-order valence-electron chi connectivity index (χ0n) is 9.94. The lowest BCUT2D eigenvalue weighted by molar-refractivity contribution is -0.384. The van der Waals surface area contributed by atoms with Gasteiger partial charge in [0, 0.05) is 11.6 Å². The Morgan fingerprint density at radius 2 is 2.28 bits per heavy atom. The van der Waals surface area contributed by atoms with Crippen LogP contribution in [0.3, 0.4) is 0 Å². The van der Waals surface area contributed by atoms with Crippen molar-refractivity contribution in [1.82, 2.24) is 4.98 Å². The minimum atomic E-state index is -0.627. The second-order valence-corrected chi connectivity index (χ2v) is 3.90. The molecule has 7 heteroatoms. The van der Waals surface area contributed by atoms with Crippen LogP contribution in [0.25, 0.3) is 0 Å². The second-order valence-electron chi connectivity index (χ2n) is 3.51. The minimum Gasteiger partial charge on any atom is -0.301 e. The maximum atomic E-state index is 11.7. The van der Waals surface area contributed by atoms with Crippen LogP contribution in [0.4, 0.5) is 11.5 Å². The van der Waals surface area contributed by atoms with Gasteiger partial charge in [-0.15, -0.1) is 0 Å². The molecule has 1 heterocycles. The number of nitro groups is 1. The summed E-state index contributed by atoms with van der Waals surface area (Å²) >= 11 is 5.65. The molecule has 1 aromatic rings. The van der Waals surface area contributed by atoms with Crippen molar-refractivity contribution >= 4 is 29.0 Å². The number of pyridine rings is 1. The fourth-order valence-corrected chi connectivity index (χ4v) is 1.42. The number of carbonyl (C=O) groups excluding carboxylic acids is 1. The number of rotatable bonds is 4. The number of hydrogen-bond acceptors (Lipinski definition) is 4. The number of nitrogens with one attached hydrogen (secondary N) is 1. The van der Waals surface area contributed by atoms with E-state index in [1.807, 2.05) is 6.92 Å². The lowest BCUT2D eigenvalue weighted by Gasteiger charge is -2.05. The number of halogens is 1. The summed E-state index contributed by atoms with van der Waals surface area (Å²) in [6.45, 7) is 3.51. The van der Waals surface area contributed by atoms with Crippen LogP contribution in [-0.4, -0.2) is 15.8 Å². The van der Waals surface area contributed by atoms with E-state index < -0.39 is 10.8 Å². The fourth-order valence-electron chi connectivity index (χ4n) is 1.27. The Morgan fingerprint density at radius 3 is 2.83 bits per heavy atom. The lowest BCUT2D eigenvalue weighted by Crippen LogP contribution is -2.15. The predicted molar refractivity (Wildman–Crippen MR) is 68.6 cm³/mol. The highest BCUT2D eigenvalue weighted by molar-refractivity contribution is 6.29. The number of aromatic nitrogens is 1. The molecule has 0 spiro atoms. The third-order valence-electron chi connectivity index (χ3n) is 2.14. The molecule has 1 N–H and O–H groups in total. The molecule has 0 atom stereocenters. The lowest BCUT2D eigenvalue weighted by atomic mass is 10.2. The molecule has 0 radical (unpaired) electrons. The van der Waals surface area contributed by atoms with E-state index in [1.54, 1.807) is 13.0 Å². The molecule has 0 aromatic carbocycles. The Balaban J connectivity index is 3.03. The van der Waals surface area contributed by atoms with Crippen LogP contribution in [0.15, 0.2) is 23.8 Å². The van der Waals surface area contributed by atoms with Crippen LogP contribution in [0.1, 0.15) is 20.3 Å². The van der Waals surface area contributed by atoms with Crippen LogP contribution in [-0.2, 0) is 4.79 Å². The van der Waals surface area contributed by atoms with Crippen LogP contribution in [0.2, 0.25) is 5.15 Å². The molecule has 1 rings (SSSR count). The highest BCUT2D eigenvalue weighted by atomic mass is 35.5. The van der Waals surface area contributed by atoms with Crippen molar-refractivity contribution in [3.8, 4) is 0 Å². The van der Waals surface area contributed by atoms with Gasteiger partial charge in [-0.05, 0) is 19.4 Å². The number of amides is 1. The van der Waals surface area contributed by atoms with Gasteiger partial charge in [0.2, 0.25) is 5.82 Å². The van der Waals surface area contributed by atoms with E-state index in [1.165, 1.54) is 12.1 Å². The van der Waals surface area contributed by atoms with Crippen LogP contribution >= 0.6 is 11.6 Å². The van der Waals surface area contributed by atoms with E-state index >= 15 is 0 Å². The molecule has 0 fully saturated rings. The van der Waals surface area contributed by atoms with E-state index in [2.05, 4.69) is 10.3 Å². The fraction of sp³-hybridized carbons (Fsp3) is 0.273. The Kier molecular flexibility index (Phi) is 4.79. The molecule has 0 unspecified atom stereocenters. The van der Waals surface area contributed by atoms with Gasteiger partial charge in [-0.2, -0.15) is 0 Å². The number of allylic oxidation sites excluding steroid dienone is 1. The molecule has 6 nitrogen and oxygen atoms in total. The maximum Gasteiger partial charge on any atom is 0.311 e. The number of carbonyl (C=O) groups is 1. The Hall–Kier alpha value is -1.95. The van der Waals surface area contributed by atoms with Gasteiger partial charge in [-0.1, -0.05) is 24.6 Å². The van der Waals surface area contributed by atoms with E-state index in [-0.39, 0.29) is 16.7 Å². The summed E-state index contributed by atoms with van der Waals surface area (Å²) in [5.41, 5.74) is 0.172. The number of hydrogen-bond donors (Lipinski definition) is 1. The molecule has 18 heavy (non-hydrogen) atoms. The standard InChI is InChI=1S/C11H12ClN3O3/c1-3-4-7(2)11(16)14-10-8(15(17)18)5-6-9(12)13-10/h4-6H,3H2,1-2H3,(H,13,14,16)/b7-4-.